The maximum Gasteiger partial charge on any atom is 0.316 e. The Hall–Kier alpha value is -0.380. The molecular formula is C10H20O3S. The Morgan fingerprint density at radius 2 is 2.07 bits per heavy atom. The number of aliphatic carboxylic acids is 1. The lowest BCUT2D eigenvalue weighted by Gasteiger charge is -2.12. The lowest BCUT2D eigenvalue weighted by atomic mass is 10.0. The summed E-state index contributed by atoms with van der Waals surface area (Å²) < 4.78 is 11.3. The molecule has 0 aliphatic rings. The van der Waals surface area contributed by atoms with Gasteiger partial charge in [-0.15, -0.1) is 0 Å². The molecule has 3 nitrogen and oxygen atoms in total. The van der Waals surface area contributed by atoms with E-state index in [1.807, 2.05) is 0 Å². The summed E-state index contributed by atoms with van der Waals surface area (Å²) in [5.41, 5.74) is 0. The lowest BCUT2D eigenvalue weighted by Crippen LogP contribution is -2.17. The number of carboxylic acids is 1. The molecule has 0 spiro atoms. The average molecular weight is 220 g/mol. The van der Waals surface area contributed by atoms with Crippen LogP contribution in [0.1, 0.15) is 39.5 Å². The van der Waals surface area contributed by atoms with E-state index in [2.05, 4.69) is 13.8 Å². The van der Waals surface area contributed by atoms with Crippen molar-refractivity contribution in [1.29, 1.82) is 0 Å². The largest absolute Gasteiger partial charge is 0.481 e. The van der Waals surface area contributed by atoms with Crippen molar-refractivity contribution in [3.63, 3.8) is 0 Å². The molecule has 2 atom stereocenters. The fourth-order valence-electron chi connectivity index (χ4n) is 1.36. The summed E-state index contributed by atoms with van der Waals surface area (Å²) in [6.07, 6.45) is 4.34. The summed E-state index contributed by atoms with van der Waals surface area (Å²) in [5, 5.41) is 8.45. The van der Waals surface area contributed by atoms with Gasteiger partial charge in [-0.2, -0.15) is 0 Å². The first-order valence-corrected chi connectivity index (χ1v) is 6.65. The Labute approximate surface area is 88.4 Å². The number of carbonyl (C=O) groups is 1. The quantitative estimate of drug-likeness (QED) is 0.681. The van der Waals surface area contributed by atoms with Crippen LogP contribution in [0.4, 0.5) is 0 Å². The summed E-state index contributed by atoms with van der Waals surface area (Å²) in [6, 6.07) is 0. The third-order valence-corrected chi connectivity index (χ3v) is 3.66. The lowest BCUT2D eigenvalue weighted by molar-refractivity contribution is -0.133. The highest BCUT2D eigenvalue weighted by atomic mass is 32.2. The Morgan fingerprint density at radius 3 is 2.50 bits per heavy atom. The second kappa shape index (κ2) is 7.97. The van der Waals surface area contributed by atoms with Crippen LogP contribution in [0.25, 0.3) is 0 Å². The number of unbranched alkanes of at least 4 members (excludes halogenated alkanes) is 1. The Bertz CT molecular complexity index is 192. The predicted molar refractivity (Wildman–Crippen MR) is 58.8 cm³/mol. The highest BCUT2D eigenvalue weighted by Crippen LogP contribution is 2.13. The zero-order chi connectivity index (χ0) is 11.0. The van der Waals surface area contributed by atoms with Crippen LogP contribution in [0, 0.1) is 5.92 Å². The van der Waals surface area contributed by atoms with Gasteiger partial charge >= 0.3 is 5.97 Å². The minimum Gasteiger partial charge on any atom is -0.481 e. The highest BCUT2D eigenvalue weighted by molar-refractivity contribution is 7.85. The molecule has 0 aliphatic carbocycles. The molecule has 0 radical (unpaired) electrons. The van der Waals surface area contributed by atoms with Crippen molar-refractivity contribution < 1.29 is 14.1 Å². The van der Waals surface area contributed by atoms with Gasteiger partial charge in [0.2, 0.25) is 0 Å². The van der Waals surface area contributed by atoms with E-state index in [0.717, 1.165) is 25.7 Å². The molecule has 0 aliphatic heterocycles. The Kier molecular flexibility index (Phi) is 7.76. The molecule has 2 unspecified atom stereocenters. The average Bonchev–Trinajstić information content (AvgIpc) is 2.10. The van der Waals surface area contributed by atoms with E-state index < -0.39 is 16.8 Å². The Balaban J connectivity index is 3.79. The predicted octanol–water partition coefficient (Wildman–Crippen LogP) is 2.04. The van der Waals surface area contributed by atoms with Gasteiger partial charge in [-0.25, -0.2) is 0 Å². The van der Waals surface area contributed by atoms with Gasteiger partial charge < -0.3 is 5.11 Å². The normalized spacial score (nSPS) is 15.0. The molecule has 0 amide bonds. The standard InChI is InChI=1S/C10H20O3S/c1-3-5-6-9(4-2)7-14(13)8-10(11)12/h9H,3-8H2,1-2H3,(H,11,12). The zero-order valence-electron chi connectivity index (χ0n) is 8.99. The molecule has 0 aromatic rings. The first-order valence-electron chi connectivity index (χ1n) is 5.16. The van der Waals surface area contributed by atoms with Gasteiger partial charge in [0.25, 0.3) is 0 Å². The first-order chi connectivity index (χ1) is 6.60. The van der Waals surface area contributed by atoms with Crippen molar-refractivity contribution in [3.05, 3.63) is 0 Å². The second-order valence-corrected chi connectivity index (χ2v) is 5.06. The van der Waals surface area contributed by atoms with Crippen molar-refractivity contribution in [2.75, 3.05) is 11.5 Å². The Morgan fingerprint density at radius 1 is 1.43 bits per heavy atom. The van der Waals surface area contributed by atoms with Crippen LogP contribution in [-0.2, 0) is 15.6 Å². The van der Waals surface area contributed by atoms with E-state index in [-0.39, 0.29) is 5.75 Å². The van der Waals surface area contributed by atoms with Gasteiger partial charge in [-0.3, -0.25) is 9.00 Å². The van der Waals surface area contributed by atoms with Gasteiger partial charge in [0.05, 0.1) is 0 Å². The third kappa shape index (κ3) is 7.06. The molecule has 14 heavy (non-hydrogen) atoms. The maximum atomic E-state index is 11.3. The minimum absolute atomic E-state index is 0.206. The molecule has 0 heterocycles. The van der Waals surface area contributed by atoms with E-state index >= 15 is 0 Å². The van der Waals surface area contributed by atoms with Crippen LogP contribution in [0.5, 0.6) is 0 Å². The van der Waals surface area contributed by atoms with Crippen LogP contribution in [0.2, 0.25) is 0 Å². The molecule has 0 saturated carbocycles. The molecule has 0 rings (SSSR count). The fraction of sp³-hybridized carbons (Fsp3) is 0.900. The van der Waals surface area contributed by atoms with E-state index in [1.165, 1.54) is 0 Å². The molecule has 84 valence electrons. The van der Waals surface area contributed by atoms with Crippen molar-refractivity contribution in [3.8, 4) is 0 Å². The molecule has 0 saturated heterocycles. The molecule has 0 aromatic carbocycles. The molecule has 4 heteroatoms. The van der Waals surface area contributed by atoms with Crippen molar-refractivity contribution in [2.45, 2.75) is 39.5 Å². The van der Waals surface area contributed by atoms with Crippen LogP contribution in [-0.4, -0.2) is 26.8 Å². The van der Waals surface area contributed by atoms with Crippen molar-refractivity contribution >= 4 is 16.8 Å². The fourth-order valence-corrected chi connectivity index (χ4v) is 2.68. The van der Waals surface area contributed by atoms with Gasteiger partial charge in [0.1, 0.15) is 5.75 Å². The third-order valence-electron chi connectivity index (χ3n) is 2.25. The SMILES string of the molecule is CCCCC(CC)CS(=O)CC(=O)O. The molecular weight excluding hydrogens is 200 g/mol. The monoisotopic (exact) mass is 220 g/mol. The first kappa shape index (κ1) is 13.6. The summed E-state index contributed by atoms with van der Waals surface area (Å²) in [4.78, 5) is 10.3. The van der Waals surface area contributed by atoms with Crippen LogP contribution in [0.3, 0.4) is 0 Å². The summed E-state index contributed by atoms with van der Waals surface area (Å²) in [7, 11) is -1.18. The topological polar surface area (TPSA) is 54.4 Å². The molecule has 0 bridgehead atoms. The van der Waals surface area contributed by atoms with Crippen molar-refractivity contribution in [2.24, 2.45) is 5.92 Å². The molecule has 1 N–H and O–H groups in total. The van der Waals surface area contributed by atoms with Gasteiger partial charge in [-0.1, -0.05) is 33.1 Å². The van der Waals surface area contributed by atoms with E-state index in [9.17, 15) is 9.00 Å². The molecule has 0 aromatic heterocycles. The van der Waals surface area contributed by atoms with E-state index in [0.29, 0.717) is 11.7 Å². The van der Waals surface area contributed by atoms with Crippen LogP contribution >= 0.6 is 0 Å². The van der Waals surface area contributed by atoms with E-state index in [4.69, 9.17) is 5.11 Å². The van der Waals surface area contributed by atoms with Crippen molar-refractivity contribution in [1.82, 2.24) is 0 Å². The minimum atomic E-state index is -1.18. The number of rotatable bonds is 8. The number of carboxylic acid groups (broad SMARTS) is 1. The summed E-state index contributed by atoms with van der Waals surface area (Å²) in [6.45, 7) is 4.19. The number of hydrogen-bond donors (Lipinski definition) is 1. The number of hydrogen-bond acceptors (Lipinski definition) is 2. The summed E-state index contributed by atoms with van der Waals surface area (Å²) >= 11 is 0. The van der Waals surface area contributed by atoms with Crippen LogP contribution < -0.4 is 0 Å². The van der Waals surface area contributed by atoms with Gasteiger partial charge in [-0.05, 0) is 12.3 Å². The van der Waals surface area contributed by atoms with Gasteiger partial charge in [0, 0.05) is 16.6 Å². The highest BCUT2D eigenvalue weighted by Gasteiger charge is 2.12. The van der Waals surface area contributed by atoms with Gasteiger partial charge in [0.15, 0.2) is 0 Å². The smallest absolute Gasteiger partial charge is 0.316 e. The second-order valence-electron chi connectivity index (χ2n) is 3.56. The maximum absolute atomic E-state index is 11.3. The molecule has 0 fully saturated rings. The summed E-state index contributed by atoms with van der Waals surface area (Å²) in [5.74, 6) is -0.199. The van der Waals surface area contributed by atoms with Crippen LogP contribution in [0.15, 0.2) is 0 Å². The zero-order valence-corrected chi connectivity index (χ0v) is 9.81. The van der Waals surface area contributed by atoms with E-state index in [1.54, 1.807) is 0 Å².